The van der Waals surface area contributed by atoms with E-state index in [1.165, 1.54) is 6.42 Å². The minimum absolute atomic E-state index is 0.103. The highest BCUT2D eigenvalue weighted by Gasteiger charge is 2.11. The number of hydrogen-bond acceptors (Lipinski definition) is 3. The number of aromatic nitrogens is 2. The van der Waals surface area contributed by atoms with Crippen LogP contribution < -0.4 is 5.73 Å². The molecule has 2 atom stereocenters. The van der Waals surface area contributed by atoms with E-state index in [1.807, 2.05) is 12.5 Å². The van der Waals surface area contributed by atoms with Crippen molar-refractivity contribution < 1.29 is 0 Å². The molecule has 2 N–H and O–H groups in total. The Labute approximate surface area is 105 Å². The molecule has 98 valence electrons. The predicted molar refractivity (Wildman–Crippen MR) is 71.8 cm³/mol. The first-order valence-corrected chi connectivity index (χ1v) is 6.55. The van der Waals surface area contributed by atoms with E-state index in [0.29, 0.717) is 6.04 Å². The lowest BCUT2D eigenvalue weighted by Crippen LogP contribution is -2.32. The van der Waals surface area contributed by atoms with Gasteiger partial charge in [0.1, 0.15) is 0 Å². The van der Waals surface area contributed by atoms with Gasteiger partial charge in [0, 0.05) is 31.4 Å². The maximum absolute atomic E-state index is 6.06. The molecular weight excluding hydrogens is 212 g/mol. The van der Waals surface area contributed by atoms with Gasteiger partial charge in [0.25, 0.3) is 0 Å². The van der Waals surface area contributed by atoms with E-state index in [0.717, 1.165) is 25.2 Å². The first-order chi connectivity index (χ1) is 8.10. The molecule has 0 aliphatic rings. The van der Waals surface area contributed by atoms with Crippen molar-refractivity contribution in [3.05, 3.63) is 18.2 Å². The highest BCUT2D eigenvalue weighted by Crippen LogP contribution is 2.13. The molecule has 4 heteroatoms. The molecule has 1 rings (SSSR count). The van der Waals surface area contributed by atoms with Crippen LogP contribution in [-0.2, 0) is 6.54 Å². The van der Waals surface area contributed by atoms with Gasteiger partial charge >= 0.3 is 0 Å². The predicted octanol–water partition coefficient (Wildman–Crippen LogP) is 2.02. The molecule has 0 radical (unpaired) electrons. The van der Waals surface area contributed by atoms with Gasteiger partial charge in [0.15, 0.2) is 0 Å². The Bertz CT molecular complexity index is 321. The lowest BCUT2D eigenvalue weighted by Gasteiger charge is -2.24. The number of hydrogen-bond donors (Lipinski definition) is 1. The third-order valence-corrected chi connectivity index (χ3v) is 3.60. The number of likely N-dealkylation sites (N-methyl/N-ethyl adjacent to an activating group) is 1. The summed E-state index contributed by atoms with van der Waals surface area (Å²) in [4.78, 5) is 6.57. The first kappa shape index (κ1) is 14.2. The SMILES string of the molecule is CCC(C)N(C)CCn1cncc1[C@H](N)CC. The zero-order chi connectivity index (χ0) is 12.8. The Kier molecular flexibility index (Phi) is 5.65. The molecule has 1 unspecified atom stereocenters. The molecule has 0 aromatic carbocycles. The Morgan fingerprint density at radius 2 is 2.12 bits per heavy atom. The summed E-state index contributed by atoms with van der Waals surface area (Å²) in [5, 5.41) is 0. The second kappa shape index (κ2) is 6.77. The largest absolute Gasteiger partial charge is 0.332 e. The number of rotatable bonds is 7. The van der Waals surface area contributed by atoms with Gasteiger partial charge in [-0.3, -0.25) is 0 Å². The highest BCUT2D eigenvalue weighted by atomic mass is 15.2. The fourth-order valence-corrected chi connectivity index (χ4v) is 1.83. The number of nitrogens with zero attached hydrogens (tertiary/aromatic N) is 3. The molecule has 0 fully saturated rings. The van der Waals surface area contributed by atoms with Crippen LogP contribution in [0.2, 0.25) is 0 Å². The van der Waals surface area contributed by atoms with Gasteiger partial charge in [0.05, 0.1) is 12.0 Å². The second-order valence-corrected chi connectivity index (χ2v) is 4.76. The van der Waals surface area contributed by atoms with Gasteiger partial charge in [0.2, 0.25) is 0 Å². The molecule has 0 amide bonds. The summed E-state index contributed by atoms with van der Waals surface area (Å²) in [7, 11) is 2.17. The number of nitrogens with two attached hydrogens (primary N) is 1. The zero-order valence-corrected chi connectivity index (χ0v) is 11.6. The van der Waals surface area contributed by atoms with Crippen molar-refractivity contribution in [2.24, 2.45) is 5.73 Å². The third kappa shape index (κ3) is 3.82. The maximum Gasteiger partial charge on any atom is 0.0949 e. The van der Waals surface area contributed by atoms with Crippen LogP contribution in [0.5, 0.6) is 0 Å². The van der Waals surface area contributed by atoms with Crippen LogP contribution in [0.1, 0.15) is 45.3 Å². The van der Waals surface area contributed by atoms with Crippen molar-refractivity contribution >= 4 is 0 Å². The fourth-order valence-electron chi connectivity index (χ4n) is 1.83. The van der Waals surface area contributed by atoms with Gasteiger partial charge in [-0.2, -0.15) is 0 Å². The summed E-state index contributed by atoms with van der Waals surface area (Å²) < 4.78 is 2.17. The van der Waals surface area contributed by atoms with E-state index in [2.05, 4.69) is 42.3 Å². The average molecular weight is 238 g/mol. The van der Waals surface area contributed by atoms with E-state index in [-0.39, 0.29) is 6.04 Å². The van der Waals surface area contributed by atoms with Crippen LogP contribution >= 0.6 is 0 Å². The molecule has 0 aliphatic carbocycles. The average Bonchev–Trinajstić information content (AvgIpc) is 2.82. The van der Waals surface area contributed by atoms with Gasteiger partial charge in [-0.15, -0.1) is 0 Å². The molecule has 1 heterocycles. The van der Waals surface area contributed by atoms with E-state index >= 15 is 0 Å². The van der Waals surface area contributed by atoms with Crippen LogP contribution in [0.3, 0.4) is 0 Å². The van der Waals surface area contributed by atoms with E-state index in [1.54, 1.807) is 0 Å². The van der Waals surface area contributed by atoms with Gasteiger partial charge in [-0.05, 0) is 26.8 Å². The zero-order valence-electron chi connectivity index (χ0n) is 11.6. The summed E-state index contributed by atoms with van der Waals surface area (Å²) in [6.45, 7) is 8.58. The lowest BCUT2D eigenvalue weighted by atomic mass is 10.2. The molecular formula is C13H26N4. The van der Waals surface area contributed by atoms with Gasteiger partial charge in [-0.25, -0.2) is 4.98 Å². The van der Waals surface area contributed by atoms with Crippen LogP contribution in [0.4, 0.5) is 0 Å². The standard InChI is InChI=1S/C13H26N4/c1-5-11(3)16(4)7-8-17-10-15-9-13(17)12(14)6-2/h9-12H,5-8,14H2,1-4H3/t11?,12-/m1/s1. The van der Waals surface area contributed by atoms with Gasteiger partial charge in [-0.1, -0.05) is 13.8 Å². The van der Waals surface area contributed by atoms with Crippen molar-refractivity contribution in [2.75, 3.05) is 13.6 Å². The molecule has 0 saturated heterocycles. The highest BCUT2D eigenvalue weighted by molar-refractivity contribution is 5.04. The van der Waals surface area contributed by atoms with Crippen molar-refractivity contribution in [3.63, 3.8) is 0 Å². The van der Waals surface area contributed by atoms with Crippen molar-refractivity contribution in [2.45, 2.75) is 52.2 Å². The van der Waals surface area contributed by atoms with Crippen LogP contribution in [0, 0.1) is 0 Å². The van der Waals surface area contributed by atoms with Crippen molar-refractivity contribution in [1.82, 2.24) is 14.5 Å². The van der Waals surface area contributed by atoms with E-state index < -0.39 is 0 Å². The third-order valence-electron chi connectivity index (χ3n) is 3.60. The Hall–Kier alpha value is -0.870. The quantitative estimate of drug-likeness (QED) is 0.790. The molecule has 1 aromatic heterocycles. The fraction of sp³-hybridized carbons (Fsp3) is 0.769. The molecule has 0 saturated carbocycles. The maximum atomic E-state index is 6.06. The molecule has 4 nitrogen and oxygen atoms in total. The summed E-state index contributed by atoms with van der Waals surface area (Å²) in [6.07, 6.45) is 5.90. The van der Waals surface area contributed by atoms with Crippen LogP contribution in [0.25, 0.3) is 0 Å². The van der Waals surface area contributed by atoms with E-state index in [9.17, 15) is 0 Å². The lowest BCUT2D eigenvalue weighted by molar-refractivity contribution is 0.241. The van der Waals surface area contributed by atoms with Crippen LogP contribution in [-0.4, -0.2) is 34.1 Å². The summed E-state index contributed by atoms with van der Waals surface area (Å²) in [5.41, 5.74) is 7.20. The summed E-state index contributed by atoms with van der Waals surface area (Å²) in [6, 6.07) is 0.730. The summed E-state index contributed by atoms with van der Waals surface area (Å²) >= 11 is 0. The Balaban J connectivity index is 2.55. The smallest absolute Gasteiger partial charge is 0.0949 e. The Morgan fingerprint density at radius 1 is 1.41 bits per heavy atom. The second-order valence-electron chi connectivity index (χ2n) is 4.76. The minimum Gasteiger partial charge on any atom is -0.332 e. The van der Waals surface area contributed by atoms with Crippen molar-refractivity contribution in [1.29, 1.82) is 0 Å². The topological polar surface area (TPSA) is 47.1 Å². The Morgan fingerprint density at radius 3 is 2.71 bits per heavy atom. The molecule has 0 aliphatic heterocycles. The minimum atomic E-state index is 0.103. The molecule has 0 spiro atoms. The van der Waals surface area contributed by atoms with Crippen LogP contribution in [0.15, 0.2) is 12.5 Å². The molecule has 17 heavy (non-hydrogen) atoms. The summed E-state index contributed by atoms with van der Waals surface area (Å²) in [5.74, 6) is 0. The van der Waals surface area contributed by atoms with Gasteiger partial charge < -0.3 is 15.2 Å². The van der Waals surface area contributed by atoms with E-state index in [4.69, 9.17) is 5.73 Å². The normalized spacial score (nSPS) is 15.2. The first-order valence-electron chi connectivity index (χ1n) is 6.55. The monoisotopic (exact) mass is 238 g/mol. The van der Waals surface area contributed by atoms with Crippen molar-refractivity contribution in [3.8, 4) is 0 Å². The number of imidazole rings is 1. The molecule has 0 bridgehead atoms. The molecule has 1 aromatic rings.